The highest BCUT2D eigenvalue weighted by Crippen LogP contribution is 2.23. The Kier molecular flexibility index (Phi) is 3.71. The molecule has 98 valence electrons. The van der Waals surface area contributed by atoms with Gasteiger partial charge >= 0.3 is 0 Å². The number of hydrogen-bond acceptors (Lipinski definition) is 2. The first-order valence-electron chi connectivity index (χ1n) is 6.53. The molecule has 0 radical (unpaired) electrons. The number of nitrogens with zero attached hydrogens (tertiary/aromatic N) is 2. The van der Waals surface area contributed by atoms with Crippen molar-refractivity contribution < 1.29 is 4.79 Å². The Morgan fingerprint density at radius 3 is 2.44 bits per heavy atom. The van der Waals surface area contributed by atoms with Crippen LogP contribution in [-0.4, -0.2) is 40.9 Å². The van der Waals surface area contributed by atoms with E-state index in [1.54, 1.807) is 6.92 Å². The fraction of sp³-hybridized carbons (Fsp3) is 0.533. The maximum Gasteiger partial charge on any atom is 0.219 e. The molecule has 0 atom stereocenters. The second-order valence-corrected chi connectivity index (χ2v) is 5.66. The molecule has 3 heteroatoms. The van der Waals surface area contributed by atoms with Crippen LogP contribution in [0.2, 0.25) is 0 Å². The van der Waals surface area contributed by atoms with Crippen molar-refractivity contribution in [3.05, 3.63) is 35.9 Å². The normalized spacial score (nSPS) is 19.8. The Balaban J connectivity index is 2.05. The zero-order chi connectivity index (χ0) is 13.2. The number of carbonyl (C=O) groups is 1. The van der Waals surface area contributed by atoms with Gasteiger partial charge in [-0.25, -0.2) is 0 Å². The molecule has 1 aliphatic heterocycles. The van der Waals surface area contributed by atoms with Gasteiger partial charge in [0.25, 0.3) is 0 Å². The summed E-state index contributed by atoms with van der Waals surface area (Å²) in [6.45, 7) is 9.64. The van der Waals surface area contributed by atoms with Crippen LogP contribution >= 0.6 is 0 Å². The lowest BCUT2D eigenvalue weighted by atomic mass is 9.97. The van der Waals surface area contributed by atoms with Crippen molar-refractivity contribution in [2.24, 2.45) is 0 Å². The number of benzene rings is 1. The van der Waals surface area contributed by atoms with Gasteiger partial charge in [-0.15, -0.1) is 0 Å². The van der Waals surface area contributed by atoms with Crippen LogP contribution in [0.4, 0.5) is 0 Å². The first kappa shape index (κ1) is 13.1. The highest BCUT2D eigenvalue weighted by atomic mass is 16.2. The van der Waals surface area contributed by atoms with Gasteiger partial charge in [0, 0.05) is 38.6 Å². The molecule has 18 heavy (non-hydrogen) atoms. The molecular weight excluding hydrogens is 224 g/mol. The van der Waals surface area contributed by atoms with Crippen LogP contribution in [0.15, 0.2) is 30.3 Å². The molecule has 0 saturated carbocycles. The molecule has 0 bridgehead atoms. The van der Waals surface area contributed by atoms with E-state index in [2.05, 4.69) is 43.0 Å². The summed E-state index contributed by atoms with van der Waals surface area (Å²) in [7, 11) is 0. The quantitative estimate of drug-likeness (QED) is 0.798. The van der Waals surface area contributed by atoms with Crippen LogP contribution in [0.3, 0.4) is 0 Å². The summed E-state index contributed by atoms with van der Waals surface area (Å²) >= 11 is 0. The molecule has 1 aliphatic rings. The number of hydrogen-bond donors (Lipinski definition) is 0. The monoisotopic (exact) mass is 246 g/mol. The predicted octanol–water partition coefficient (Wildman–Crippen LogP) is 2.13. The lowest BCUT2D eigenvalue weighted by Crippen LogP contribution is -2.59. The lowest BCUT2D eigenvalue weighted by molar-refractivity contribution is -0.134. The predicted molar refractivity (Wildman–Crippen MR) is 73.2 cm³/mol. The van der Waals surface area contributed by atoms with Crippen LogP contribution in [0.1, 0.15) is 26.3 Å². The highest BCUT2D eigenvalue weighted by molar-refractivity contribution is 5.73. The topological polar surface area (TPSA) is 23.6 Å². The summed E-state index contributed by atoms with van der Waals surface area (Å²) in [5.74, 6) is 0.183. The van der Waals surface area contributed by atoms with Gasteiger partial charge in [0.2, 0.25) is 5.91 Å². The van der Waals surface area contributed by atoms with E-state index in [-0.39, 0.29) is 11.4 Å². The van der Waals surface area contributed by atoms with Crippen molar-refractivity contribution in [2.45, 2.75) is 32.9 Å². The van der Waals surface area contributed by atoms with Crippen LogP contribution in [0.25, 0.3) is 0 Å². The van der Waals surface area contributed by atoms with Gasteiger partial charge in [-0.05, 0) is 19.4 Å². The summed E-state index contributed by atoms with van der Waals surface area (Å²) in [5.41, 5.74) is 1.38. The third-order valence-corrected chi connectivity index (χ3v) is 3.74. The smallest absolute Gasteiger partial charge is 0.219 e. The van der Waals surface area contributed by atoms with Crippen molar-refractivity contribution in [2.75, 3.05) is 19.6 Å². The number of rotatable bonds is 2. The van der Waals surface area contributed by atoms with Crippen LogP contribution in [0.5, 0.6) is 0 Å². The van der Waals surface area contributed by atoms with E-state index in [1.807, 2.05) is 11.0 Å². The number of piperazine rings is 1. The van der Waals surface area contributed by atoms with E-state index < -0.39 is 0 Å². The molecule has 3 nitrogen and oxygen atoms in total. The Hall–Kier alpha value is -1.35. The molecule has 0 unspecified atom stereocenters. The molecule has 1 amide bonds. The van der Waals surface area contributed by atoms with Crippen molar-refractivity contribution in [1.29, 1.82) is 0 Å². The molecule has 1 aromatic rings. The molecule has 0 aliphatic carbocycles. The van der Waals surface area contributed by atoms with E-state index >= 15 is 0 Å². The number of amides is 1. The molecule has 2 rings (SSSR count). The summed E-state index contributed by atoms with van der Waals surface area (Å²) in [6, 6.07) is 10.5. The summed E-state index contributed by atoms with van der Waals surface area (Å²) in [6.07, 6.45) is 0. The fourth-order valence-electron chi connectivity index (χ4n) is 2.56. The average molecular weight is 246 g/mol. The highest BCUT2D eigenvalue weighted by Gasteiger charge is 2.34. The summed E-state index contributed by atoms with van der Waals surface area (Å²) < 4.78 is 0. The van der Waals surface area contributed by atoms with Crippen molar-refractivity contribution in [3.63, 3.8) is 0 Å². The van der Waals surface area contributed by atoms with Gasteiger partial charge in [0.1, 0.15) is 0 Å². The molecule has 0 aromatic heterocycles. The standard InChI is InChI=1S/C15H22N2O/c1-13(18)16-9-10-17(15(2,3)12-16)11-14-7-5-4-6-8-14/h4-8H,9-12H2,1-3H3. The Morgan fingerprint density at radius 1 is 1.22 bits per heavy atom. The zero-order valence-electron chi connectivity index (χ0n) is 11.5. The molecule has 1 aromatic carbocycles. The summed E-state index contributed by atoms with van der Waals surface area (Å²) in [5, 5.41) is 0. The minimum atomic E-state index is 0.0414. The summed E-state index contributed by atoms with van der Waals surface area (Å²) in [4.78, 5) is 15.9. The van der Waals surface area contributed by atoms with Crippen LogP contribution < -0.4 is 0 Å². The van der Waals surface area contributed by atoms with Gasteiger partial charge < -0.3 is 4.90 Å². The molecule has 1 saturated heterocycles. The van der Waals surface area contributed by atoms with E-state index in [0.29, 0.717) is 0 Å². The van der Waals surface area contributed by atoms with Gasteiger partial charge in [-0.3, -0.25) is 9.69 Å². The molecule has 1 heterocycles. The van der Waals surface area contributed by atoms with Gasteiger partial charge in [-0.1, -0.05) is 30.3 Å². The second-order valence-electron chi connectivity index (χ2n) is 5.66. The maximum atomic E-state index is 11.5. The first-order valence-corrected chi connectivity index (χ1v) is 6.53. The van der Waals surface area contributed by atoms with E-state index in [4.69, 9.17) is 0 Å². The molecular formula is C15H22N2O. The lowest BCUT2D eigenvalue weighted by Gasteiger charge is -2.47. The number of carbonyl (C=O) groups excluding carboxylic acids is 1. The van der Waals surface area contributed by atoms with Crippen molar-refractivity contribution in [1.82, 2.24) is 9.80 Å². The van der Waals surface area contributed by atoms with Gasteiger partial charge in [-0.2, -0.15) is 0 Å². The van der Waals surface area contributed by atoms with E-state index in [9.17, 15) is 4.79 Å². The second kappa shape index (κ2) is 5.11. The van der Waals surface area contributed by atoms with E-state index in [0.717, 1.165) is 26.2 Å². The van der Waals surface area contributed by atoms with Crippen molar-refractivity contribution >= 4 is 5.91 Å². The fourth-order valence-corrected chi connectivity index (χ4v) is 2.56. The Morgan fingerprint density at radius 2 is 1.89 bits per heavy atom. The molecule has 0 N–H and O–H groups in total. The SMILES string of the molecule is CC(=O)N1CCN(Cc2ccccc2)C(C)(C)C1. The first-order chi connectivity index (χ1) is 8.49. The average Bonchev–Trinajstić information content (AvgIpc) is 2.32. The Bertz CT molecular complexity index is 414. The largest absolute Gasteiger partial charge is 0.340 e. The maximum absolute atomic E-state index is 11.5. The van der Waals surface area contributed by atoms with E-state index in [1.165, 1.54) is 5.56 Å². The zero-order valence-corrected chi connectivity index (χ0v) is 11.5. The minimum Gasteiger partial charge on any atom is -0.340 e. The molecule has 1 fully saturated rings. The minimum absolute atomic E-state index is 0.0414. The Labute approximate surface area is 109 Å². The third-order valence-electron chi connectivity index (χ3n) is 3.74. The third kappa shape index (κ3) is 2.91. The van der Waals surface area contributed by atoms with Gasteiger partial charge in [0.05, 0.1) is 0 Å². The van der Waals surface area contributed by atoms with Crippen molar-refractivity contribution in [3.8, 4) is 0 Å². The molecule has 0 spiro atoms. The van der Waals surface area contributed by atoms with Crippen LogP contribution in [0, 0.1) is 0 Å². The van der Waals surface area contributed by atoms with Crippen LogP contribution in [-0.2, 0) is 11.3 Å². The van der Waals surface area contributed by atoms with Gasteiger partial charge in [0.15, 0.2) is 0 Å².